The molecule has 100 valence electrons. The highest BCUT2D eigenvalue weighted by molar-refractivity contribution is 5.17. The van der Waals surface area contributed by atoms with E-state index in [0.717, 1.165) is 44.6 Å². The molecule has 0 aliphatic carbocycles. The van der Waals surface area contributed by atoms with Gasteiger partial charge in [-0.3, -0.25) is 4.90 Å². The smallest absolute Gasteiger partial charge is 0.159 e. The SMILES string of the molecule is CC(CCc1ccc(F)c(F)c1)N1CCNCC1. The molecule has 1 saturated heterocycles. The molecule has 18 heavy (non-hydrogen) atoms. The quantitative estimate of drug-likeness (QED) is 0.886. The zero-order valence-corrected chi connectivity index (χ0v) is 10.8. The molecule has 4 heteroatoms. The third-order valence-electron chi connectivity index (χ3n) is 3.61. The van der Waals surface area contributed by atoms with Gasteiger partial charge < -0.3 is 5.32 Å². The third kappa shape index (κ3) is 3.50. The standard InChI is InChI=1S/C14H20F2N2/c1-11(18-8-6-17-7-9-18)2-3-12-4-5-13(15)14(16)10-12/h4-5,10-11,17H,2-3,6-9H2,1H3. The highest BCUT2D eigenvalue weighted by Crippen LogP contribution is 2.13. The Hall–Kier alpha value is -1.00. The highest BCUT2D eigenvalue weighted by atomic mass is 19.2. The Kier molecular flexibility index (Phi) is 4.66. The zero-order valence-electron chi connectivity index (χ0n) is 10.8. The molecule has 1 N–H and O–H groups in total. The van der Waals surface area contributed by atoms with E-state index in [2.05, 4.69) is 17.1 Å². The van der Waals surface area contributed by atoms with Crippen LogP contribution in [0.5, 0.6) is 0 Å². The number of hydrogen-bond acceptors (Lipinski definition) is 2. The molecule has 1 unspecified atom stereocenters. The Morgan fingerprint density at radius 1 is 1.22 bits per heavy atom. The molecule has 0 saturated carbocycles. The molecule has 1 aromatic rings. The van der Waals surface area contributed by atoms with Crippen molar-refractivity contribution < 1.29 is 8.78 Å². The van der Waals surface area contributed by atoms with E-state index in [4.69, 9.17) is 0 Å². The van der Waals surface area contributed by atoms with Gasteiger partial charge in [-0.05, 0) is 37.5 Å². The summed E-state index contributed by atoms with van der Waals surface area (Å²) in [6.45, 7) is 6.41. The molecular weight excluding hydrogens is 234 g/mol. The number of benzene rings is 1. The number of nitrogens with zero attached hydrogens (tertiary/aromatic N) is 1. The van der Waals surface area contributed by atoms with Crippen LogP contribution >= 0.6 is 0 Å². The number of aryl methyl sites for hydroxylation is 1. The van der Waals surface area contributed by atoms with Crippen LogP contribution < -0.4 is 5.32 Å². The van der Waals surface area contributed by atoms with Gasteiger partial charge in [0.15, 0.2) is 11.6 Å². The monoisotopic (exact) mass is 254 g/mol. The van der Waals surface area contributed by atoms with Gasteiger partial charge in [0.05, 0.1) is 0 Å². The van der Waals surface area contributed by atoms with E-state index >= 15 is 0 Å². The lowest BCUT2D eigenvalue weighted by atomic mass is 10.0. The van der Waals surface area contributed by atoms with Gasteiger partial charge in [0.2, 0.25) is 0 Å². The van der Waals surface area contributed by atoms with Crippen molar-refractivity contribution >= 4 is 0 Å². The van der Waals surface area contributed by atoms with Crippen LogP contribution in [0, 0.1) is 11.6 Å². The second-order valence-electron chi connectivity index (χ2n) is 4.92. The Labute approximate surface area is 107 Å². The van der Waals surface area contributed by atoms with Gasteiger partial charge in [-0.15, -0.1) is 0 Å². The third-order valence-corrected chi connectivity index (χ3v) is 3.61. The van der Waals surface area contributed by atoms with Crippen molar-refractivity contribution in [2.45, 2.75) is 25.8 Å². The van der Waals surface area contributed by atoms with Crippen LogP contribution in [-0.2, 0) is 6.42 Å². The molecule has 1 fully saturated rings. The van der Waals surface area contributed by atoms with Gasteiger partial charge in [-0.1, -0.05) is 6.07 Å². The Bertz CT molecular complexity index is 389. The summed E-state index contributed by atoms with van der Waals surface area (Å²) in [6, 6.07) is 4.67. The maximum absolute atomic E-state index is 13.1. The molecule has 0 aromatic heterocycles. The first-order chi connectivity index (χ1) is 8.66. The average Bonchev–Trinajstić information content (AvgIpc) is 2.41. The summed E-state index contributed by atoms with van der Waals surface area (Å²) in [5, 5.41) is 3.32. The first-order valence-electron chi connectivity index (χ1n) is 6.55. The molecule has 1 aliphatic heterocycles. The summed E-state index contributed by atoms with van der Waals surface area (Å²) < 4.78 is 25.9. The Morgan fingerprint density at radius 2 is 1.94 bits per heavy atom. The van der Waals surface area contributed by atoms with E-state index < -0.39 is 11.6 Å². The van der Waals surface area contributed by atoms with Crippen LogP contribution in [0.4, 0.5) is 8.78 Å². The Balaban J connectivity index is 1.84. The summed E-state index contributed by atoms with van der Waals surface area (Å²) in [4.78, 5) is 2.44. The fourth-order valence-electron chi connectivity index (χ4n) is 2.38. The summed E-state index contributed by atoms with van der Waals surface area (Å²) >= 11 is 0. The summed E-state index contributed by atoms with van der Waals surface area (Å²) in [5.74, 6) is -1.52. The van der Waals surface area contributed by atoms with Gasteiger partial charge in [0.25, 0.3) is 0 Å². The molecular formula is C14H20F2N2. The average molecular weight is 254 g/mol. The maximum atomic E-state index is 13.1. The number of hydrogen-bond donors (Lipinski definition) is 1. The fourth-order valence-corrected chi connectivity index (χ4v) is 2.38. The lowest BCUT2D eigenvalue weighted by Gasteiger charge is -2.32. The fraction of sp³-hybridized carbons (Fsp3) is 0.571. The van der Waals surface area contributed by atoms with E-state index in [9.17, 15) is 8.78 Å². The van der Waals surface area contributed by atoms with E-state index in [-0.39, 0.29) is 0 Å². The van der Waals surface area contributed by atoms with Gasteiger partial charge in [-0.25, -0.2) is 8.78 Å². The predicted octanol–water partition coefficient (Wildman–Crippen LogP) is 2.19. The van der Waals surface area contributed by atoms with Gasteiger partial charge >= 0.3 is 0 Å². The second-order valence-corrected chi connectivity index (χ2v) is 4.92. The van der Waals surface area contributed by atoms with Gasteiger partial charge in [0, 0.05) is 32.2 Å². The van der Waals surface area contributed by atoms with E-state index in [1.54, 1.807) is 6.07 Å². The van der Waals surface area contributed by atoms with Crippen LogP contribution in [0.25, 0.3) is 0 Å². The lowest BCUT2D eigenvalue weighted by Crippen LogP contribution is -2.47. The molecule has 2 nitrogen and oxygen atoms in total. The lowest BCUT2D eigenvalue weighted by molar-refractivity contribution is 0.177. The number of piperazine rings is 1. The molecule has 1 aliphatic rings. The van der Waals surface area contributed by atoms with E-state index in [1.807, 2.05) is 0 Å². The minimum Gasteiger partial charge on any atom is -0.314 e. The summed E-state index contributed by atoms with van der Waals surface area (Å²) in [7, 11) is 0. The largest absolute Gasteiger partial charge is 0.314 e. The van der Waals surface area contributed by atoms with Crippen molar-refractivity contribution in [3.05, 3.63) is 35.4 Å². The minimum absolute atomic E-state index is 0.486. The predicted molar refractivity (Wildman–Crippen MR) is 68.6 cm³/mol. The van der Waals surface area contributed by atoms with Crippen LogP contribution in [0.3, 0.4) is 0 Å². The maximum Gasteiger partial charge on any atom is 0.159 e. The van der Waals surface area contributed by atoms with Crippen molar-refractivity contribution in [2.75, 3.05) is 26.2 Å². The van der Waals surface area contributed by atoms with Crippen LogP contribution in [-0.4, -0.2) is 37.1 Å². The van der Waals surface area contributed by atoms with Crippen LogP contribution in [0.2, 0.25) is 0 Å². The topological polar surface area (TPSA) is 15.3 Å². The molecule has 1 aromatic carbocycles. The van der Waals surface area contributed by atoms with Crippen molar-refractivity contribution in [3.8, 4) is 0 Å². The molecule has 0 bridgehead atoms. The van der Waals surface area contributed by atoms with Crippen LogP contribution in [0.1, 0.15) is 18.9 Å². The first kappa shape index (κ1) is 13.4. The van der Waals surface area contributed by atoms with Gasteiger partial charge in [0.1, 0.15) is 0 Å². The van der Waals surface area contributed by atoms with E-state index in [0.29, 0.717) is 6.04 Å². The van der Waals surface area contributed by atoms with Crippen molar-refractivity contribution in [2.24, 2.45) is 0 Å². The number of halogens is 2. The molecule has 1 atom stereocenters. The number of nitrogens with one attached hydrogen (secondary N) is 1. The number of rotatable bonds is 4. The molecule has 0 radical (unpaired) electrons. The minimum atomic E-state index is -0.770. The van der Waals surface area contributed by atoms with Gasteiger partial charge in [-0.2, -0.15) is 0 Å². The van der Waals surface area contributed by atoms with Crippen molar-refractivity contribution in [3.63, 3.8) is 0 Å². The Morgan fingerprint density at radius 3 is 2.61 bits per heavy atom. The van der Waals surface area contributed by atoms with E-state index in [1.165, 1.54) is 12.1 Å². The molecule has 0 amide bonds. The van der Waals surface area contributed by atoms with Crippen molar-refractivity contribution in [1.29, 1.82) is 0 Å². The molecule has 0 spiro atoms. The highest BCUT2D eigenvalue weighted by Gasteiger charge is 2.16. The zero-order chi connectivity index (χ0) is 13.0. The molecule has 1 heterocycles. The van der Waals surface area contributed by atoms with Crippen molar-refractivity contribution in [1.82, 2.24) is 10.2 Å². The normalized spacial score (nSPS) is 18.8. The first-order valence-corrected chi connectivity index (χ1v) is 6.55. The van der Waals surface area contributed by atoms with Crippen LogP contribution in [0.15, 0.2) is 18.2 Å². The molecule has 2 rings (SSSR count). The second kappa shape index (κ2) is 6.25. The summed E-state index contributed by atoms with van der Waals surface area (Å²) in [5.41, 5.74) is 0.871. The summed E-state index contributed by atoms with van der Waals surface area (Å²) in [6.07, 6.45) is 1.77.